The van der Waals surface area contributed by atoms with E-state index in [1.165, 1.54) is 6.07 Å². The number of aliphatic hydroxyl groups is 1. The zero-order chi connectivity index (χ0) is 8.55. The summed E-state index contributed by atoms with van der Waals surface area (Å²) in [6.45, 7) is -0.284. The van der Waals surface area contributed by atoms with Crippen LogP contribution in [0.3, 0.4) is 0 Å². The Kier molecular flexibility index (Phi) is 1.44. The lowest BCUT2D eigenvalue weighted by molar-refractivity contribution is 0.179. The van der Waals surface area contributed by atoms with Gasteiger partial charge >= 0.3 is 0 Å². The zero-order valence-electron chi connectivity index (χ0n) is 6.18. The van der Waals surface area contributed by atoms with Crippen molar-refractivity contribution in [3.05, 3.63) is 18.2 Å². The third-order valence-electron chi connectivity index (χ3n) is 1.56. The topological polar surface area (TPSA) is 71.2 Å². The van der Waals surface area contributed by atoms with Crippen molar-refractivity contribution in [3.8, 4) is 5.75 Å². The predicted molar refractivity (Wildman–Crippen MR) is 41.4 cm³/mol. The monoisotopic (exact) mass is 165 g/mol. The van der Waals surface area contributed by atoms with Crippen molar-refractivity contribution in [1.29, 1.82) is 0 Å². The summed E-state index contributed by atoms with van der Waals surface area (Å²) in [5.41, 5.74) is 0.982. The van der Waals surface area contributed by atoms with E-state index in [1.54, 1.807) is 12.1 Å². The van der Waals surface area contributed by atoms with Crippen LogP contribution >= 0.6 is 0 Å². The summed E-state index contributed by atoms with van der Waals surface area (Å²) in [4.78, 5) is 1.12. The van der Waals surface area contributed by atoms with Crippen LogP contribution < -0.4 is 0 Å². The van der Waals surface area contributed by atoms with Crippen LogP contribution in [0.2, 0.25) is 0 Å². The van der Waals surface area contributed by atoms with Gasteiger partial charge in [0.2, 0.25) is 0 Å². The lowest BCUT2D eigenvalue weighted by Gasteiger charge is -1.88. The van der Waals surface area contributed by atoms with E-state index in [9.17, 15) is 5.11 Å². The van der Waals surface area contributed by atoms with E-state index in [2.05, 4.69) is 10.2 Å². The van der Waals surface area contributed by atoms with Gasteiger partial charge in [-0.3, -0.25) is 0 Å². The molecule has 2 N–H and O–H groups in total. The molecule has 0 atom stereocenters. The molecule has 0 saturated carbocycles. The summed E-state index contributed by atoms with van der Waals surface area (Å²) in [6.07, 6.45) is 0. The molecule has 0 spiro atoms. The van der Waals surface area contributed by atoms with Gasteiger partial charge in [-0.15, -0.1) is 5.10 Å². The van der Waals surface area contributed by atoms with Crippen LogP contribution in [0.15, 0.2) is 18.2 Å². The van der Waals surface area contributed by atoms with Crippen molar-refractivity contribution >= 4 is 11.0 Å². The van der Waals surface area contributed by atoms with E-state index < -0.39 is 0 Å². The Morgan fingerprint density at radius 3 is 2.83 bits per heavy atom. The molecule has 1 heterocycles. The fourth-order valence-corrected chi connectivity index (χ4v) is 1.03. The standard InChI is InChI=1S/C7H7N3O2/c11-4-10-8-5-2-1-3-6(12)7(5)9-10/h1-3,11-12H,4H2. The first-order valence-corrected chi connectivity index (χ1v) is 3.45. The number of phenolic OH excluding ortho intramolecular Hbond substituents is 1. The molecule has 0 unspecified atom stereocenters. The maximum absolute atomic E-state index is 9.28. The van der Waals surface area contributed by atoms with Gasteiger partial charge in [0.25, 0.3) is 0 Å². The number of phenols is 1. The molecule has 62 valence electrons. The summed E-state index contributed by atoms with van der Waals surface area (Å²) in [5, 5.41) is 25.7. The smallest absolute Gasteiger partial charge is 0.155 e. The average molecular weight is 165 g/mol. The van der Waals surface area contributed by atoms with Crippen molar-refractivity contribution in [2.75, 3.05) is 0 Å². The molecule has 0 amide bonds. The van der Waals surface area contributed by atoms with Crippen molar-refractivity contribution in [2.45, 2.75) is 6.73 Å². The molecule has 1 aromatic heterocycles. The quantitative estimate of drug-likeness (QED) is 0.628. The van der Waals surface area contributed by atoms with Crippen molar-refractivity contribution in [3.63, 3.8) is 0 Å². The van der Waals surface area contributed by atoms with E-state index >= 15 is 0 Å². The van der Waals surface area contributed by atoms with Gasteiger partial charge in [0.1, 0.15) is 11.3 Å². The third kappa shape index (κ3) is 0.911. The van der Waals surface area contributed by atoms with Crippen LogP contribution in [0.5, 0.6) is 5.75 Å². The maximum Gasteiger partial charge on any atom is 0.155 e. The molecule has 0 aliphatic heterocycles. The van der Waals surface area contributed by atoms with Crippen LogP contribution in [0.25, 0.3) is 11.0 Å². The summed E-state index contributed by atoms with van der Waals surface area (Å²) in [6, 6.07) is 4.92. The van der Waals surface area contributed by atoms with E-state index in [-0.39, 0.29) is 12.5 Å². The van der Waals surface area contributed by atoms with Gasteiger partial charge in [-0.05, 0) is 12.1 Å². The predicted octanol–water partition coefficient (Wildman–Crippen LogP) is 0.0867. The third-order valence-corrected chi connectivity index (χ3v) is 1.56. The van der Waals surface area contributed by atoms with Gasteiger partial charge in [-0.1, -0.05) is 6.07 Å². The molecule has 1 aromatic carbocycles. The highest BCUT2D eigenvalue weighted by Crippen LogP contribution is 2.19. The van der Waals surface area contributed by atoms with Gasteiger partial charge in [-0.25, -0.2) is 0 Å². The molecule has 5 nitrogen and oxygen atoms in total. The molecule has 0 radical (unpaired) electrons. The fraction of sp³-hybridized carbons (Fsp3) is 0.143. The number of fused-ring (bicyclic) bond motifs is 1. The molecule has 5 heteroatoms. The number of nitrogens with zero attached hydrogens (tertiary/aromatic N) is 3. The van der Waals surface area contributed by atoms with Crippen molar-refractivity contribution in [1.82, 2.24) is 15.0 Å². The second-order valence-corrected chi connectivity index (χ2v) is 2.36. The van der Waals surface area contributed by atoms with Crippen molar-refractivity contribution in [2.24, 2.45) is 0 Å². The molecular weight excluding hydrogens is 158 g/mol. The Hall–Kier alpha value is -1.62. The largest absolute Gasteiger partial charge is 0.506 e. The highest BCUT2D eigenvalue weighted by molar-refractivity contribution is 5.79. The first kappa shape index (κ1) is 7.05. The SMILES string of the molecule is OCn1nc2cccc(O)c2n1. The normalized spacial score (nSPS) is 10.8. The highest BCUT2D eigenvalue weighted by Gasteiger charge is 2.04. The lowest BCUT2D eigenvalue weighted by atomic mass is 10.3. The van der Waals surface area contributed by atoms with Gasteiger partial charge in [0.15, 0.2) is 12.2 Å². The Bertz CT molecular complexity index is 410. The van der Waals surface area contributed by atoms with E-state index in [0.29, 0.717) is 11.0 Å². The van der Waals surface area contributed by atoms with Gasteiger partial charge in [-0.2, -0.15) is 9.90 Å². The minimum Gasteiger partial charge on any atom is -0.506 e. The Labute approximate surface area is 67.9 Å². The van der Waals surface area contributed by atoms with E-state index in [0.717, 1.165) is 4.80 Å². The number of benzene rings is 1. The molecule has 0 fully saturated rings. The van der Waals surface area contributed by atoms with Crippen molar-refractivity contribution < 1.29 is 10.2 Å². The molecule has 2 aromatic rings. The summed E-state index contributed by atoms with van der Waals surface area (Å²) < 4.78 is 0. The minimum absolute atomic E-state index is 0.0761. The maximum atomic E-state index is 9.28. The molecule has 0 aliphatic carbocycles. The van der Waals surface area contributed by atoms with Gasteiger partial charge in [0, 0.05) is 0 Å². The number of hydrogen-bond donors (Lipinski definition) is 2. The number of aliphatic hydroxyl groups excluding tert-OH is 1. The fourth-order valence-electron chi connectivity index (χ4n) is 1.03. The van der Waals surface area contributed by atoms with Crippen LogP contribution in [0.1, 0.15) is 0 Å². The second kappa shape index (κ2) is 2.46. The zero-order valence-corrected chi connectivity index (χ0v) is 6.18. The first-order chi connectivity index (χ1) is 5.81. The minimum atomic E-state index is -0.284. The molecule has 0 aliphatic rings. The Balaban J connectivity index is 2.74. The van der Waals surface area contributed by atoms with E-state index in [1.807, 2.05) is 0 Å². The van der Waals surface area contributed by atoms with Crippen LogP contribution in [-0.2, 0) is 6.73 Å². The van der Waals surface area contributed by atoms with Gasteiger partial charge in [0.05, 0.1) is 0 Å². The number of aromatic nitrogens is 3. The van der Waals surface area contributed by atoms with E-state index in [4.69, 9.17) is 5.11 Å². The van der Waals surface area contributed by atoms with Gasteiger partial charge < -0.3 is 10.2 Å². The van der Waals surface area contributed by atoms with Crippen LogP contribution in [0.4, 0.5) is 0 Å². The van der Waals surface area contributed by atoms with Crippen LogP contribution in [-0.4, -0.2) is 25.2 Å². The Morgan fingerprint density at radius 2 is 2.17 bits per heavy atom. The summed E-state index contributed by atoms with van der Waals surface area (Å²) in [7, 11) is 0. The summed E-state index contributed by atoms with van der Waals surface area (Å²) >= 11 is 0. The number of aromatic hydroxyl groups is 1. The average Bonchev–Trinajstić information content (AvgIpc) is 2.49. The molecule has 12 heavy (non-hydrogen) atoms. The molecular formula is C7H7N3O2. The molecule has 0 bridgehead atoms. The highest BCUT2D eigenvalue weighted by atomic mass is 16.3. The first-order valence-electron chi connectivity index (χ1n) is 3.45. The second-order valence-electron chi connectivity index (χ2n) is 2.36. The summed E-state index contributed by atoms with van der Waals surface area (Å²) in [5.74, 6) is 0.0761. The lowest BCUT2D eigenvalue weighted by Crippen LogP contribution is -1.99. The number of hydrogen-bond acceptors (Lipinski definition) is 4. The Morgan fingerprint density at radius 1 is 1.33 bits per heavy atom. The molecule has 2 rings (SSSR count). The number of rotatable bonds is 1. The van der Waals surface area contributed by atoms with Crippen LogP contribution in [0, 0.1) is 0 Å². The molecule has 0 saturated heterocycles.